The number of aromatic nitrogens is 1. The van der Waals surface area contributed by atoms with Crippen molar-refractivity contribution in [2.24, 2.45) is 0 Å². The van der Waals surface area contributed by atoms with Crippen LogP contribution in [0.15, 0.2) is 22.8 Å². The maximum atomic E-state index is 4.37. The van der Waals surface area contributed by atoms with Gasteiger partial charge in [-0.2, -0.15) is 0 Å². The standard InChI is InChI=1S/C10H14BrNS/c1-10(2,3)13-7-8-5-4-6-9(11)12-8/h4-6H,7H2,1-3H3. The van der Waals surface area contributed by atoms with Crippen molar-refractivity contribution in [3.05, 3.63) is 28.5 Å². The molecule has 0 saturated carbocycles. The summed E-state index contributed by atoms with van der Waals surface area (Å²) in [6.45, 7) is 6.65. The Morgan fingerprint density at radius 3 is 2.62 bits per heavy atom. The summed E-state index contributed by atoms with van der Waals surface area (Å²) >= 11 is 5.27. The summed E-state index contributed by atoms with van der Waals surface area (Å²) in [5.41, 5.74) is 1.13. The summed E-state index contributed by atoms with van der Waals surface area (Å²) in [4.78, 5) is 4.37. The van der Waals surface area contributed by atoms with Crippen LogP contribution in [0.4, 0.5) is 0 Å². The number of pyridine rings is 1. The van der Waals surface area contributed by atoms with Gasteiger partial charge >= 0.3 is 0 Å². The molecule has 0 N–H and O–H groups in total. The quantitative estimate of drug-likeness (QED) is 0.748. The zero-order valence-electron chi connectivity index (χ0n) is 8.17. The zero-order valence-corrected chi connectivity index (χ0v) is 10.6. The first-order valence-electron chi connectivity index (χ1n) is 4.23. The van der Waals surface area contributed by atoms with Crippen LogP contribution in [0.3, 0.4) is 0 Å². The van der Waals surface area contributed by atoms with Gasteiger partial charge in [0, 0.05) is 10.5 Å². The van der Waals surface area contributed by atoms with Crippen LogP contribution >= 0.6 is 27.7 Å². The lowest BCUT2D eigenvalue weighted by molar-refractivity contribution is 0.801. The van der Waals surface area contributed by atoms with E-state index in [-0.39, 0.29) is 0 Å². The van der Waals surface area contributed by atoms with Crippen LogP contribution in [0.1, 0.15) is 26.5 Å². The van der Waals surface area contributed by atoms with E-state index >= 15 is 0 Å². The van der Waals surface area contributed by atoms with Gasteiger partial charge in [-0.05, 0) is 28.1 Å². The van der Waals surface area contributed by atoms with Crippen molar-refractivity contribution in [1.82, 2.24) is 4.98 Å². The molecule has 0 spiro atoms. The maximum Gasteiger partial charge on any atom is 0.106 e. The SMILES string of the molecule is CC(C)(C)SCc1cccc(Br)n1. The minimum Gasteiger partial charge on any atom is -0.245 e. The van der Waals surface area contributed by atoms with Gasteiger partial charge in [-0.1, -0.05) is 26.8 Å². The molecule has 0 aliphatic heterocycles. The van der Waals surface area contributed by atoms with Gasteiger partial charge in [-0.3, -0.25) is 0 Å². The molecule has 0 fully saturated rings. The van der Waals surface area contributed by atoms with Gasteiger partial charge in [-0.15, -0.1) is 11.8 Å². The predicted molar refractivity (Wildman–Crippen MR) is 63.0 cm³/mol. The fraction of sp³-hybridized carbons (Fsp3) is 0.500. The summed E-state index contributed by atoms with van der Waals surface area (Å²) in [7, 11) is 0. The van der Waals surface area contributed by atoms with Crippen molar-refractivity contribution in [3.63, 3.8) is 0 Å². The molecule has 0 unspecified atom stereocenters. The highest BCUT2D eigenvalue weighted by atomic mass is 79.9. The molecule has 72 valence electrons. The Morgan fingerprint density at radius 2 is 2.08 bits per heavy atom. The number of nitrogens with zero attached hydrogens (tertiary/aromatic N) is 1. The van der Waals surface area contributed by atoms with Crippen LogP contribution in [0, 0.1) is 0 Å². The minimum absolute atomic E-state index is 0.310. The highest BCUT2D eigenvalue weighted by Crippen LogP contribution is 2.26. The van der Waals surface area contributed by atoms with Gasteiger partial charge in [0.25, 0.3) is 0 Å². The van der Waals surface area contributed by atoms with Crippen molar-refractivity contribution in [1.29, 1.82) is 0 Å². The van der Waals surface area contributed by atoms with Crippen LogP contribution < -0.4 is 0 Å². The number of hydrogen-bond acceptors (Lipinski definition) is 2. The van der Waals surface area contributed by atoms with Gasteiger partial charge in [0.2, 0.25) is 0 Å². The monoisotopic (exact) mass is 259 g/mol. The van der Waals surface area contributed by atoms with Crippen LogP contribution in [-0.4, -0.2) is 9.73 Å². The zero-order chi connectivity index (χ0) is 9.90. The number of halogens is 1. The van der Waals surface area contributed by atoms with Crippen LogP contribution in [0.5, 0.6) is 0 Å². The average Bonchev–Trinajstić information content (AvgIpc) is 2.00. The third-order valence-corrected chi connectivity index (χ3v) is 3.17. The molecule has 3 heteroatoms. The largest absolute Gasteiger partial charge is 0.245 e. The third kappa shape index (κ3) is 4.67. The molecule has 0 amide bonds. The van der Waals surface area contributed by atoms with Gasteiger partial charge in [-0.25, -0.2) is 4.98 Å². The molecule has 13 heavy (non-hydrogen) atoms. The minimum atomic E-state index is 0.310. The van der Waals surface area contributed by atoms with Crippen LogP contribution in [-0.2, 0) is 5.75 Å². The number of hydrogen-bond donors (Lipinski definition) is 0. The summed E-state index contributed by atoms with van der Waals surface area (Å²) in [6.07, 6.45) is 0. The summed E-state index contributed by atoms with van der Waals surface area (Å²) in [6, 6.07) is 6.03. The van der Waals surface area contributed by atoms with Crippen LogP contribution in [0.2, 0.25) is 0 Å². The number of thioether (sulfide) groups is 1. The lowest BCUT2D eigenvalue weighted by Gasteiger charge is -2.16. The molecule has 0 saturated heterocycles. The Bertz CT molecular complexity index is 280. The molecule has 1 aromatic rings. The topological polar surface area (TPSA) is 12.9 Å². The highest BCUT2D eigenvalue weighted by molar-refractivity contribution is 9.10. The molecule has 0 radical (unpaired) electrons. The lowest BCUT2D eigenvalue weighted by Crippen LogP contribution is -2.07. The first kappa shape index (κ1) is 11.1. The molecule has 0 aliphatic carbocycles. The molecular formula is C10H14BrNS. The van der Waals surface area contributed by atoms with E-state index in [0.717, 1.165) is 16.0 Å². The van der Waals surface area contributed by atoms with Gasteiger partial charge in [0.05, 0.1) is 5.69 Å². The van der Waals surface area contributed by atoms with Crippen molar-refractivity contribution < 1.29 is 0 Å². The first-order valence-corrected chi connectivity index (χ1v) is 6.01. The normalized spacial score (nSPS) is 11.7. The molecule has 0 aromatic carbocycles. The van der Waals surface area contributed by atoms with E-state index in [4.69, 9.17) is 0 Å². The average molecular weight is 260 g/mol. The van der Waals surface area contributed by atoms with E-state index in [1.807, 2.05) is 23.9 Å². The van der Waals surface area contributed by atoms with Gasteiger partial charge in [0.1, 0.15) is 4.60 Å². The second kappa shape index (κ2) is 4.47. The van der Waals surface area contributed by atoms with Crippen molar-refractivity contribution in [2.75, 3.05) is 0 Å². The van der Waals surface area contributed by atoms with Crippen molar-refractivity contribution in [3.8, 4) is 0 Å². The Kier molecular flexibility index (Phi) is 3.80. The Hall–Kier alpha value is -0.0200. The molecule has 1 aromatic heterocycles. The van der Waals surface area contributed by atoms with E-state index in [2.05, 4.69) is 47.8 Å². The molecular weight excluding hydrogens is 246 g/mol. The maximum absolute atomic E-state index is 4.37. The second-order valence-electron chi connectivity index (χ2n) is 3.85. The summed E-state index contributed by atoms with van der Waals surface area (Å²) < 4.78 is 1.23. The van der Waals surface area contributed by atoms with Crippen LogP contribution in [0.25, 0.3) is 0 Å². The predicted octanol–water partition coefficient (Wildman–Crippen LogP) is 3.88. The van der Waals surface area contributed by atoms with Gasteiger partial charge < -0.3 is 0 Å². The Morgan fingerprint density at radius 1 is 1.38 bits per heavy atom. The molecule has 1 rings (SSSR count). The third-order valence-electron chi connectivity index (χ3n) is 1.43. The summed E-state index contributed by atoms with van der Waals surface area (Å²) in [5.74, 6) is 0.975. The molecule has 1 heterocycles. The molecule has 1 nitrogen and oxygen atoms in total. The summed E-state index contributed by atoms with van der Waals surface area (Å²) in [5, 5.41) is 0. The van der Waals surface area contributed by atoms with E-state index in [1.165, 1.54) is 0 Å². The number of rotatable bonds is 2. The Labute approximate surface area is 92.5 Å². The van der Waals surface area contributed by atoms with E-state index in [9.17, 15) is 0 Å². The fourth-order valence-corrected chi connectivity index (χ4v) is 1.94. The highest BCUT2D eigenvalue weighted by Gasteiger charge is 2.10. The van der Waals surface area contributed by atoms with E-state index < -0.39 is 0 Å². The first-order chi connectivity index (χ1) is 5.97. The molecule has 0 aliphatic rings. The molecule has 0 bridgehead atoms. The molecule has 0 atom stereocenters. The smallest absolute Gasteiger partial charge is 0.106 e. The second-order valence-corrected chi connectivity index (χ2v) is 6.47. The van der Waals surface area contributed by atoms with E-state index in [0.29, 0.717) is 4.75 Å². The van der Waals surface area contributed by atoms with E-state index in [1.54, 1.807) is 0 Å². The lowest BCUT2D eigenvalue weighted by atomic mass is 10.3. The van der Waals surface area contributed by atoms with Crippen molar-refractivity contribution >= 4 is 27.7 Å². The Balaban J connectivity index is 2.55. The van der Waals surface area contributed by atoms with Crippen molar-refractivity contribution in [2.45, 2.75) is 31.3 Å². The fourth-order valence-electron chi connectivity index (χ4n) is 0.821. The van der Waals surface area contributed by atoms with Gasteiger partial charge in [0.15, 0.2) is 0 Å².